The van der Waals surface area contributed by atoms with Gasteiger partial charge in [-0.3, -0.25) is 0 Å². The minimum absolute atomic E-state index is 1.11. The van der Waals surface area contributed by atoms with Gasteiger partial charge in [0, 0.05) is 6.92 Å². The van der Waals surface area contributed by atoms with E-state index in [1.165, 1.54) is 22.0 Å². The van der Waals surface area contributed by atoms with Crippen LogP contribution in [0.1, 0.15) is 16.8 Å². The first-order chi connectivity index (χ1) is 6.59. The van der Waals surface area contributed by atoms with E-state index in [-0.39, 0.29) is 0 Å². The van der Waals surface area contributed by atoms with Crippen LogP contribution in [0.3, 0.4) is 0 Å². The van der Waals surface area contributed by atoms with Crippen LogP contribution in [0.15, 0.2) is 18.5 Å². The standard InChI is InChI=1S/C12H15N2/c1-8-5-9(2)12-10(3)13-7-14(4)11(12)6-8/h5-7H,1-4H3/q+1. The third-order valence-electron chi connectivity index (χ3n) is 2.63. The lowest BCUT2D eigenvalue weighted by atomic mass is 10.1. The van der Waals surface area contributed by atoms with Crippen LogP contribution >= 0.6 is 0 Å². The van der Waals surface area contributed by atoms with Gasteiger partial charge < -0.3 is 0 Å². The first kappa shape index (κ1) is 9.13. The maximum absolute atomic E-state index is 4.36. The number of aromatic nitrogens is 2. The van der Waals surface area contributed by atoms with Crippen molar-refractivity contribution in [3.05, 3.63) is 35.3 Å². The number of nitrogens with zero attached hydrogens (tertiary/aromatic N) is 2. The molecule has 0 bridgehead atoms. The Hall–Kier alpha value is -1.44. The Balaban J connectivity index is 3.00. The molecule has 2 rings (SSSR count). The van der Waals surface area contributed by atoms with Gasteiger partial charge in [0.25, 0.3) is 6.33 Å². The molecule has 0 saturated heterocycles. The Morgan fingerprint density at radius 3 is 2.57 bits per heavy atom. The van der Waals surface area contributed by atoms with Crippen molar-refractivity contribution in [1.29, 1.82) is 0 Å². The Kier molecular flexibility index (Phi) is 1.99. The molecule has 0 unspecified atom stereocenters. The van der Waals surface area contributed by atoms with Crippen molar-refractivity contribution in [2.24, 2.45) is 7.05 Å². The van der Waals surface area contributed by atoms with Crippen LogP contribution in [0, 0.1) is 20.8 Å². The molecule has 0 saturated carbocycles. The minimum atomic E-state index is 1.11. The van der Waals surface area contributed by atoms with Crippen molar-refractivity contribution in [2.75, 3.05) is 0 Å². The highest BCUT2D eigenvalue weighted by Gasteiger charge is 2.10. The smallest absolute Gasteiger partial charge is 0.233 e. The second kappa shape index (κ2) is 3.05. The molecule has 2 nitrogen and oxygen atoms in total. The highest BCUT2D eigenvalue weighted by atomic mass is 15.0. The van der Waals surface area contributed by atoms with Crippen molar-refractivity contribution in [1.82, 2.24) is 4.98 Å². The number of benzene rings is 1. The molecule has 0 fully saturated rings. The second-order valence-electron chi connectivity index (χ2n) is 3.92. The van der Waals surface area contributed by atoms with Gasteiger partial charge >= 0.3 is 0 Å². The molecule has 2 aromatic rings. The highest BCUT2D eigenvalue weighted by Crippen LogP contribution is 2.19. The maximum atomic E-state index is 4.36. The molecule has 14 heavy (non-hydrogen) atoms. The number of fused-ring (bicyclic) bond motifs is 1. The van der Waals surface area contributed by atoms with E-state index in [1.54, 1.807) is 0 Å². The summed E-state index contributed by atoms with van der Waals surface area (Å²) in [6.07, 6.45) is 1.87. The van der Waals surface area contributed by atoms with E-state index in [4.69, 9.17) is 0 Å². The third kappa shape index (κ3) is 1.27. The van der Waals surface area contributed by atoms with E-state index in [2.05, 4.69) is 42.5 Å². The van der Waals surface area contributed by atoms with Crippen molar-refractivity contribution in [3.63, 3.8) is 0 Å². The maximum Gasteiger partial charge on any atom is 0.286 e. The summed E-state index contributed by atoms with van der Waals surface area (Å²) in [6.45, 7) is 6.33. The lowest BCUT2D eigenvalue weighted by molar-refractivity contribution is -0.648. The average Bonchev–Trinajstić information content (AvgIpc) is 2.10. The Morgan fingerprint density at radius 2 is 1.86 bits per heavy atom. The lowest BCUT2D eigenvalue weighted by Crippen LogP contribution is -2.29. The summed E-state index contributed by atoms with van der Waals surface area (Å²) in [5.74, 6) is 0. The molecule has 0 amide bonds. The van der Waals surface area contributed by atoms with Crippen molar-refractivity contribution in [2.45, 2.75) is 20.8 Å². The molecule has 1 heterocycles. The molecule has 72 valence electrons. The Bertz CT molecular complexity index is 501. The molecule has 0 radical (unpaired) electrons. The monoisotopic (exact) mass is 187 g/mol. The Labute approximate surface area is 84.2 Å². The van der Waals surface area contributed by atoms with Gasteiger partial charge in [-0.05, 0) is 31.0 Å². The van der Waals surface area contributed by atoms with Crippen molar-refractivity contribution < 1.29 is 4.57 Å². The van der Waals surface area contributed by atoms with E-state index in [0.717, 1.165) is 5.69 Å². The lowest BCUT2D eigenvalue weighted by Gasteiger charge is -2.04. The van der Waals surface area contributed by atoms with Gasteiger partial charge in [-0.2, -0.15) is 0 Å². The zero-order valence-corrected chi connectivity index (χ0v) is 9.13. The number of aryl methyl sites for hydroxylation is 4. The summed E-state index contributed by atoms with van der Waals surface area (Å²) in [5, 5.41) is 1.28. The quantitative estimate of drug-likeness (QED) is 0.576. The fourth-order valence-corrected chi connectivity index (χ4v) is 1.99. The van der Waals surface area contributed by atoms with E-state index in [1.807, 2.05) is 13.4 Å². The first-order valence-electron chi connectivity index (χ1n) is 4.82. The van der Waals surface area contributed by atoms with E-state index in [9.17, 15) is 0 Å². The molecular weight excluding hydrogens is 172 g/mol. The molecule has 1 aromatic heterocycles. The van der Waals surface area contributed by atoms with Crippen molar-refractivity contribution >= 4 is 10.9 Å². The zero-order valence-electron chi connectivity index (χ0n) is 9.13. The number of hydrogen-bond acceptors (Lipinski definition) is 1. The normalized spacial score (nSPS) is 10.9. The number of rotatable bonds is 0. The van der Waals surface area contributed by atoms with Crippen LogP contribution in [0.2, 0.25) is 0 Å². The number of hydrogen-bond donors (Lipinski definition) is 0. The van der Waals surface area contributed by atoms with Gasteiger partial charge in [-0.25, -0.2) is 4.57 Å². The SMILES string of the molecule is Cc1cc(C)c2c(C)nc[n+](C)c2c1. The molecule has 0 N–H and O–H groups in total. The molecule has 0 aliphatic carbocycles. The molecule has 2 heteroatoms. The summed E-state index contributed by atoms with van der Waals surface area (Å²) >= 11 is 0. The predicted molar refractivity (Wildman–Crippen MR) is 57.1 cm³/mol. The second-order valence-corrected chi connectivity index (χ2v) is 3.92. The van der Waals surface area contributed by atoms with Gasteiger partial charge in [0.15, 0.2) is 5.69 Å². The summed E-state index contributed by atoms with van der Waals surface area (Å²) < 4.78 is 2.07. The van der Waals surface area contributed by atoms with Crippen molar-refractivity contribution in [3.8, 4) is 0 Å². The van der Waals surface area contributed by atoms with Crippen LogP contribution in [-0.2, 0) is 7.05 Å². The summed E-state index contributed by atoms with van der Waals surface area (Å²) in [4.78, 5) is 4.36. The molecule has 0 atom stereocenters. The van der Waals surface area contributed by atoms with Crippen LogP contribution in [0.25, 0.3) is 10.9 Å². The average molecular weight is 187 g/mol. The fraction of sp³-hybridized carbons (Fsp3) is 0.333. The molecule has 0 spiro atoms. The topological polar surface area (TPSA) is 16.8 Å². The molecular formula is C12H15N2+. The third-order valence-corrected chi connectivity index (χ3v) is 2.63. The van der Waals surface area contributed by atoms with Gasteiger partial charge in [0.05, 0.1) is 12.4 Å². The van der Waals surface area contributed by atoms with Gasteiger partial charge in [0.1, 0.15) is 5.52 Å². The summed E-state index contributed by atoms with van der Waals surface area (Å²) in [7, 11) is 2.04. The first-order valence-corrected chi connectivity index (χ1v) is 4.82. The van der Waals surface area contributed by atoms with Crippen LogP contribution in [-0.4, -0.2) is 4.98 Å². The highest BCUT2D eigenvalue weighted by molar-refractivity contribution is 5.82. The summed E-state index contributed by atoms with van der Waals surface area (Å²) in [5.41, 5.74) is 4.98. The largest absolute Gasteiger partial charge is 0.286 e. The van der Waals surface area contributed by atoms with Gasteiger partial charge in [0.2, 0.25) is 0 Å². The van der Waals surface area contributed by atoms with Gasteiger partial charge in [-0.15, -0.1) is 0 Å². The Morgan fingerprint density at radius 1 is 1.14 bits per heavy atom. The summed E-state index contributed by atoms with van der Waals surface area (Å²) in [6, 6.07) is 4.41. The minimum Gasteiger partial charge on any atom is -0.233 e. The predicted octanol–water partition coefficient (Wildman–Crippen LogP) is 1.98. The molecule has 1 aromatic carbocycles. The zero-order chi connectivity index (χ0) is 10.3. The van der Waals surface area contributed by atoms with Crippen LogP contribution in [0.5, 0.6) is 0 Å². The van der Waals surface area contributed by atoms with Crippen LogP contribution in [0.4, 0.5) is 0 Å². The van der Waals surface area contributed by atoms with E-state index >= 15 is 0 Å². The van der Waals surface area contributed by atoms with E-state index in [0.29, 0.717) is 0 Å². The van der Waals surface area contributed by atoms with Crippen LogP contribution < -0.4 is 4.57 Å². The molecule has 0 aliphatic rings. The van der Waals surface area contributed by atoms with Gasteiger partial charge in [-0.1, -0.05) is 11.1 Å². The fourth-order valence-electron chi connectivity index (χ4n) is 1.99. The van der Waals surface area contributed by atoms with E-state index < -0.39 is 0 Å². The molecule has 0 aliphatic heterocycles.